The number of hydrogen-bond donors (Lipinski definition) is 0. The summed E-state index contributed by atoms with van der Waals surface area (Å²) in [6.45, 7) is 3.94. The Morgan fingerprint density at radius 1 is 1.50 bits per heavy atom. The molecular weight excluding hydrogens is 204 g/mol. The zero-order valence-electron chi connectivity index (χ0n) is 9.60. The summed E-state index contributed by atoms with van der Waals surface area (Å²) in [7, 11) is 1.82. The van der Waals surface area contributed by atoms with Crippen LogP contribution in [0.5, 0.6) is 5.75 Å². The van der Waals surface area contributed by atoms with Gasteiger partial charge in [0.1, 0.15) is 11.4 Å². The van der Waals surface area contributed by atoms with Gasteiger partial charge < -0.3 is 9.30 Å². The second-order valence-corrected chi connectivity index (χ2v) is 3.96. The largest absolute Gasteiger partial charge is 0.490 e. The van der Waals surface area contributed by atoms with Crippen LogP contribution in [0.4, 0.5) is 0 Å². The average Bonchev–Trinajstić information content (AvgIpc) is 2.56. The number of rotatable bonds is 3. The quantitative estimate of drug-likeness (QED) is 0.741. The number of aryl methyl sites for hydroxylation is 1. The van der Waals surface area contributed by atoms with E-state index in [1.807, 2.05) is 27.0 Å². The number of aldehydes is 1. The van der Waals surface area contributed by atoms with Crippen LogP contribution in [-0.4, -0.2) is 21.9 Å². The second kappa shape index (κ2) is 3.96. The van der Waals surface area contributed by atoms with Crippen LogP contribution in [0.2, 0.25) is 0 Å². The first-order valence-electron chi connectivity index (χ1n) is 5.19. The molecule has 0 fully saturated rings. The second-order valence-electron chi connectivity index (χ2n) is 3.96. The minimum atomic E-state index is 0.102. The van der Waals surface area contributed by atoms with Crippen molar-refractivity contribution < 1.29 is 9.53 Å². The number of ether oxygens (including phenoxy) is 1. The Labute approximate surface area is 93.9 Å². The molecule has 4 heteroatoms. The highest BCUT2D eigenvalue weighted by atomic mass is 16.5. The molecule has 0 spiro atoms. The predicted molar refractivity (Wildman–Crippen MR) is 61.9 cm³/mol. The number of hydrogen-bond acceptors (Lipinski definition) is 3. The summed E-state index contributed by atoms with van der Waals surface area (Å²) in [5, 5.41) is 0.876. The highest BCUT2D eigenvalue weighted by Gasteiger charge is 2.11. The highest BCUT2D eigenvalue weighted by molar-refractivity contribution is 5.90. The van der Waals surface area contributed by atoms with E-state index in [-0.39, 0.29) is 6.10 Å². The van der Waals surface area contributed by atoms with Crippen LogP contribution >= 0.6 is 0 Å². The third-order valence-electron chi connectivity index (χ3n) is 2.41. The summed E-state index contributed by atoms with van der Waals surface area (Å²) < 4.78 is 7.43. The van der Waals surface area contributed by atoms with Gasteiger partial charge in [-0.2, -0.15) is 0 Å². The molecule has 0 saturated carbocycles. The average molecular weight is 218 g/mol. The molecular formula is C12H14N2O2. The Kier molecular flexibility index (Phi) is 2.64. The fourth-order valence-corrected chi connectivity index (χ4v) is 1.68. The maximum Gasteiger partial charge on any atom is 0.166 e. The van der Waals surface area contributed by atoms with Crippen LogP contribution in [0.25, 0.3) is 11.0 Å². The first-order chi connectivity index (χ1) is 7.63. The zero-order valence-corrected chi connectivity index (χ0v) is 9.60. The summed E-state index contributed by atoms with van der Waals surface area (Å²) in [5.74, 6) is 0.767. The Hall–Kier alpha value is -1.84. The molecule has 2 rings (SSSR count). The predicted octanol–water partition coefficient (Wildman–Crippen LogP) is 2.17. The van der Waals surface area contributed by atoms with Crippen molar-refractivity contribution in [2.45, 2.75) is 20.0 Å². The third kappa shape index (κ3) is 1.66. The van der Waals surface area contributed by atoms with Crippen molar-refractivity contribution in [3.05, 3.63) is 24.0 Å². The minimum absolute atomic E-state index is 0.102. The monoisotopic (exact) mass is 218 g/mol. The molecule has 16 heavy (non-hydrogen) atoms. The van der Waals surface area contributed by atoms with E-state index in [1.54, 1.807) is 16.8 Å². The third-order valence-corrected chi connectivity index (χ3v) is 2.41. The normalized spacial score (nSPS) is 11.0. The first-order valence-corrected chi connectivity index (χ1v) is 5.19. The topological polar surface area (TPSA) is 44.1 Å². The summed E-state index contributed by atoms with van der Waals surface area (Å²) >= 11 is 0. The van der Waals surface area contributed by atoms with E-state index in [4.69, 9.17) is 4.74 Å². The van der Waals surface area contributed by atoms with E-state index in [0.29, 0.717) is 5.69 Å². The van der Waals surface area contributed by atoms with Crippen molar-refractivity contribution in [2.24, 2.45) is 7.05 Å². The van der Waals surface area contributed by atoms with Crippen LogP contribution in [0.3, 0.4) is 0 Å². The van der Waals surface area contributed by atoms with E-state index < -0.39 is 0 Å². The molecule has 2 heterocycles. The molecule has 0 bridgehead atoms. The SMILES string of the molecule is CC(C)Oc1ccnc2c1cc(C=O)n2C. The van der Waals surface area contributed by atoms with Crippen molar-refractivity contribution in [2.75, 3.05) is 0 Å². The molecule has 0 aliphatic heterocycles. The highest BCUT2D eigenvalue weighted by Crippen LogP contribution is 2.26. The fraction of sp³-hybridized carbons (Fsp3) is 0.333. The van der Waals surface area contributed by atoms with E-state index in [2.05, 4.69) is 4.98 Å². The van der Waals surface area contributed by atoms with Crippen LogP contribution in [0.1, 0.15) is 24.3 Å². The van der Waals surface area contributed by atoms with Gasteiger partial charge in [0.05, 0.1) is 17.2 Å². The van der Waals surface area contributed by atoms with Crippen LogP contribution in [0.15, 0.2) is 18.3 Å². The Bertz CT molecular complexity index is 529. The smallest absolute Gasteiger partial charge is 0.166 e. The van der Waals surface area contributed by atoms with Gasteiger partial charge in [0.15, 0.2) is 6.29 Å². The van der Waals surface area contributed by atoms with Gasteiger partial charge in [-0.15, -0.1) is 0 Å². The summed E-state index contributed by atoms with van der Waals surface area (Å²) in [6.07, 6.45) is 2.61. The van der Waals surface area contributed by atoms with Gasteiger partial charge in [-0.25, -0.2) is 4.98 Å². The van der Waals surface area contributed by atoms with Gasteiger partial charge >= 0.3 is 0 Å². The maximum absolute atomic E-state index is 10.8. The number of nitrogens with zero attached hydrogens (tertiary/aromatic N) is 2. The molecule has 0 atom stereocenters. The van der Waals surface area contributed by atoms with Crippen molar-refractivity contribution in [3.63, 3.8) is 0 Å². The van der Waals surface area contributed by atoms with Gasteiger partial charge in [0.25, 0.3) is 0 Å². The van der Waals surface area contributed by atoms with Crippen molar-refractivity contribution in [1.82, 2.24) is 9.55 Å². The van der Waals surface area contributed by atoms with Crippen molar-refractivity contribution >= 4 is 17.3 Å². The van der Waals surface area contributed by atoms with Crippen molar-refractivity contribution in [1.29, 1.82) is 0 Å². The van der Waals surface area contributed by atoms with Gasteiger partial charge in [0, 0.05) is 13.2 Å². The lowest BCUT2D eigenvalue weighted by Gasteiger charge is -2.10. The van der Waals surface area contributed by atoms with Gasteiger partial charge in [-0.05, 0) is 26.0 Å². The number of aromatic nitrogens is 2. The van der Waals surface area contributed by atoms with Gasteiger partial charge in [-0.1, -0.05) is 0 Å². The lowest BCUT2D eigenvalue weighted by molar-refractivity contribution is 0.111. The summed E-state index contributed by atoms with van der Waals surface area (Å²) in [6, 6.07) is 3.62. The van der Waals surface area contributed by atoms with Gasteiger partial charge in [0.2, 0.25) is 0 Å². The Morgan fingerprint density at radius 3 is 2.88 bits per heavy atom. The number of carbonyl (C=O) groups is 1. The molecule has 0 N–H and O–H groups in total. The minimum Gasteiger partial charge on any atom is -0.490 e. The number of pyridine rings is 1. The molecule has 2 aromatic rings. The molecule has 2 aromatic heterocycles. The van der Waals surface area contributed by atoms with Crippen LogP contribution in [0, 0.1) is 0 Å². The zero-order chi connectivity index (χ0) is 11.7. The standard InChI is InChI=1S/C12H14N2O2/c1-8(2)16-11-4-5-13-12-10(11)6-9(7-15)14(12)3/h4-8H,1-3H3. The Balaban J connectivity index is 2.63. The maximum atomic E-state index is 10.8. The molecule has 0 unspecified atom stereocenters. The van der Waals surface area contributed by atoms with Crippen LogP contribution < -0.4 is 4.74 Å². The van der Waals surface area contributed by atoms with E-state index in [0.717, 1.165) is 23.1 Å². The molecule has 0 saturated heterocycles. The van der Waals surface area contributed by atoms with Crippen molar-refractivity contribution in [3.8, 4) is 5.75 Å². The fourth-order valence-electron chi connectivity index (χ4n) is 1.68. The molecule has 0 aliphatic rings. The van der Waals surface area contributed by atoms with E-state index >= 15 is 0 Å². The summed E-state index contributed by atoms with van der Waals surface area (Å²) in [5.41, 5.74) is 1.36. The molecule has 0 amide bonds. The van der Waals surface area contributed by atoms with Gasteiger partial charge in [-0.3, -0.25) is 4.79 Å². The first kappa shape index (κ1) is 10.7. The molecule has 0 radical (unpaired) electrons. The number of fused-ring (bicyclic) bond motifs is 1. The Morgan fingerprint density at radius 2 is 2.25 bits per heavy atom. The molecule has 0 aliphatic carbocycles. The lowest BCUT2D eigenvalue weighted by atomic mass is 10.3. The molecule has 84 valence electrons. The molecule has 4 nitrogen and oxygen atoms in total. The van der Waals surface area contributed by atoms with E-state index in [1.165, 1.54) is 0 Å². The number of carbonyl (C=O) groups excluding carboxylic acids is 1. The van der Waals surface area contributed by atoms with Crippen LogP contribution in [-0.2, 0) is 7.05 Å². The van der Waals surface area contributed by atoms with E-state index in [9.17, 15) is 4.79 Å². The molecule has 0 aromatic carbocycles. The summed E-state index contributed by atoms with van der Waals surface area (Å²) in [4.78, 5) is 15.1. The lowest BCUT2D eigenvalue weighted by Crippen LogP contribution is -2.05.